The highest BCUT2D eigenvalue weighted by molar-refractivity contribution is 5.33. The first-order valence-electron chi connectivity index (χ1n) is 6.26. The molecule has 0 spiro atoms. The van der Waals surface area contributed by atoms with E-state index in [1.807, 2.05) is 13.0 Å². The van der Waals surface area contributed by atoms with E-state index in [9.17, 15) is 0 Å². The molecule has 0 radical (unpaired) electrons. The summed E-state index contributed by atoms with van der Waals surface area (Å²) in [4.78, 5) is 11.1. The van der Waals surface area contributed by atoms with Crippen LogP contribution in [-0.4, -0.2) is 40.2 Å². The molecule has 2 atom stereocenters. The summed E-state index contributed by atoms with van der Waals surface area (Å²) < 4.78 is 5.71. The first-order valence-corrected chi connectivity index (χ1v) is 6.26. The lowest BCUT2D eigenvalue weighted by molar-refractivity contribution is -0.0710. The predicted molar refractivity (Wildman–Crippen MR) is 69.9 cm³/mol. The van der Waals surface area contributed by atoms with Crippen LogP contribution in [0.3, 0.4) is 0 Å². The average Bonchev–Trinajstić information content (AvgIpc) is 2.26. The van der Waals surface area contributed by atoms with E-state index in [0.717, 1.165) is 31.2 Å². The van der Waals surface area contributed by atoms with E-state index >= 15 is 0 Å². The molecular formula is C12H21N5O. The number of ether oxygens (including phenoxy) is 1. The molecule has 3 N–H and O–H groups in total. The number of nitrogens with zero attached hydrogens (tertiary/aromatic N) is 3. The van der Waals surface area contributed by atoms with Crippen LogP contribution in [0, 0.1) is 6.92 Å². The largest absolute Gasteiger partial charge is 0.373 e. The van der Waals surface area contributed by atoms with Crippen molar-refractivity contribution in [1.29, 1.82) is 0 Å². The topological polar surface area (TPSA) is 76.3 Å². The van der Waals surface area contributed by atoms with Crippen LogP contribution in [0.25, 0.3) is 0 Å². The third-order valence-corrected chi connectivity index (χ3v) is 2.91. The van der Waals surface area contributed by atoms with Gasteiger partial charge in [0.05, 0.1) is 18.8 Å². The van der Waals surface area contributed by atoms with Gasteiger partial charge in [-0.3, -0.25) is 4.90 Å². The monoisotopic (exact) mass is 251 g/mol. The SMILES string of the molecule is Cc1cc(NN)nc(CN2CC(C)OC(C)C2)n1. The standard InChI is InChI=1S/C12H21N5O/c1-8-4-11(16-13)15-12(14-8)7-17-5-9(2)18-10(3)6-17/h4,9-10H,5-7,13H2,1-3H3,(H,14,15,16). The van der Waals surface area contributed by atoms with Crippen molar-refractivity contribution < 1.29 is 4.74 Å². The number of aromatic nitrogens is 2. The average molecular weight is 251 g/mol. The Kier molecular flexibility index (Phi) is 4.11. The second-order valence-corrected chi connectivity index (χ2v) is 4.91. The summed E-state index contributed by atoms with van der Waals surface area (Å²) in [5.74, 6) is 6.85. The minimum absolute atomic E-state index is 0.255. The van der Waals surface area contributed by atoms with E-state index in [1.54, 1.807) is 0 Å². The molecule has 1 saturated heterocycles. The van der Waals surface area contributed by atoms with E-state index in [2.05, 4.69) is 34.1 Å². The van der Waals surface area contributed by atoms with Gasteiger partial charge in [0.1, 0.15) is 11.6 Å². The Morgan fingerprint density at radius 3 is 2.67 bits per heavy atom. The minimum atomic E-state index is 0.255. The fourth-order valence-electron chi connectivity index (χ4n) is 2.39. The number of nitrogen functional groups attached to an aromatic ring is 1. The van der Waals surface area contributed by atoms with Crippen LogP contribution in [0.1, 0.15) is 25.4 Å². The molecule has 1 aliphatic heterocycles. The van der Waals surface area contributed by atoms with Crippen LogP contribution in [0.4, 0.5) is 5.82 Å². The van der Waals surface area contributed by atoms with Gasteiger partial charge in [-0.2, -0.15) is 0 Å². The highest BCUT2D eigenvalue weighted by atomic mass is 16.5. The van der Waals surface area contributed by atoms with Crippen LogP contribution in [0.5, 0.6) is 0 Å². The number of anilines is 1. The number of morpholine rings is 1. The molecule has 1 fully saturated rings. The minimum Gasteiger partial charge on any atom is -0.373 e. The van der Waals surface area contributed by atoms with E-state index in [1.165, 1.54) is 0 Å². The van der Waals surface area contributed by atoms with Gasteiger partial charge in [-0.05, 0) is 20.8 Å². The molecule has 2 rings (SSSR count). The van der Waals surface area contributed by atoms with Crippen molar-refractivity contribution in [1.82, 2.24) is 14.9 Å². The van der Waals surface area contributed by atoms with Gasteiger partial charge in [-0.1, -0.05) is 0 Å². The molecular weight excluding hydrogens is 230 g/mol. The van der Waals surface area contributed by atoms with Gasteiger partial charge < -0.3 is 10.2 Å². The lowest BCUT2D eigenvalue weighted by Crippen LogP contribution is -2.45. The summed E-state index contributed by atoms with van der Waals surface area (Å²) in [6, 6.07) is 1.83. The zero-order chi connectivity index (χ0) is 13.1. The van der Waals surface area contributed by atoms with Crippen LogP contribution in [0.2, 0.25) is 0 Å². The molecule has 1 aromatic heterocycles. The molecule has 18 heavy (non-hydrogen) atoms. The first kappa shape index (κ1) is 13.2. The summed E-state index contributed by atoms with van der Waals surface area (Å²) in [7, 11) is 0. The molecule has 6 heteroatoms. The van der Waals surface area contributed by atoms with E-state index in [4.69, 9.17) is 10.6 Å². The van der Waals surface area contributed by atoms with Crippen molar-refractivity contribution in [3.63, 3.8) is 0 Å². The number of nitrogens with one attached hydrogen (secondary N) is 1. The summed E-state index contributed by atoms with van der Waals surface area (Å²) in [6.07, 6.45) is 0.510. The van der Waals surface area contributed by atoms with Gasteiger partial charge in [0.2, 0.25) is 0 Å². The maximum absolute atomic E-state index is 5.71. The normalized spacial score (nSPS) is 25.1. The third kappa shape index (κ3) is 3.38. The number of hydrazine groups is 1. The molecule has 0 amide bonds. The van der Waals surface area contributed by atoms with E-state index < -0.39 is 0 Å². The molecule has 1 aliphatic rings. The Morgan fingerprint density at radius 2 is 2.06 bits per heavy atom. The quantitative estimate of drug-likeness (QED) is 0.608. The number of rotatable bonds is 3. The predicted octanol–water partition coefficient (Wildman–Crippen LogP) is 0.680. The molecule has 0 bridgehead atoms. The van der Waals surface area contributed by atoms with Crippen molar-refractivity contribution in [2.75, 3.05) is 18.5 Å². The van der Waals surface area contributed by atoms with Crippen LogP contribution < -0.4 is 11.3 Å². The molecule has 6 nitrogen and oxygen atoms in total. The smallest absolute Gasteiger partial charge is 0.145 e. The Balaban J connectivity index is 2.06. The van der Waals surface area contributed by atoms with Crippen LogP contribution >= 0.6 is 0 Å². The molecule has 0 aliphatic carbocycles. The van der Waals surface area contributed by atoms with Gasteiger partial charge in [0.15, 0.2) is 0 Å². The van der Waals surface area contributed by atoms with Crippen molar-refractivity contribution in [3.8, 4) is 0 Å². The zero-order valence-corrected chi connectivity index (χ0v) is 11.2. The summed E-state index contributed by atoms with van der Waals surface area (Å²) in [5, 5.41) is 0. The maximum atomic E-state index is 5.71. The second kappa shape index (κ2) is 5.60. The lowest BCUT2D eigenvalue weighted by atomic mass is 10.2. The molecule has 0 aromatic carbocycles. The Hall–Kier alpha value is -1.24. The first-order chi connectivity index (χ1) is 8.56. The van der Waals surface area contributed by atoms with Gasteiger partial charge in [-0.25, -0.2) is 15.8 Å². The lowest BCUT2D eigenvalue weighted by Gasteiger charge is -2.34. The highest BCUT2D eigenvalue weighted by Gasteiger charge is 2.22. The van der Waals surface area contributed by atoms with Crippen molar-refractivity contribution in [2.24, 2.45) is 5.84 Å². The summed E-state index contributed by atoms with van der Waals surface area (Å²) in [5.41, 5.74) is 3.49. The number of hydrogen-bond acceptors (Lipinski definition) is 6. The Morgan fingerprint density at radius 1 is 1.39 bits per heavy atom. The second-order valence-electron chi connectivity index (χ2n) is 4.91. The van der Waals surface area contributed by atoms with Crippen molar-refractivity contribution in [3.05, 3.63) is 17.6 Å². The molecule has 100 valence electrons. The van der Waals surface area contributed by atoms with Crippen LogP contribution in [0.15, 0.2) is 6.07 Å². The van der Waals surface area contributed by atoms with Crippen molar-refractivity contribution in [2.45, 2.75) is 39.5 Å². The van der Waals surface area contributed by atoms with Gasteiger partial charge >= 0.3 is 0 Å². The third-order valence-electron chi connectivity index (χ3n) is 2.91. The number of hydrogen-bond donors (Lipinski definition) is 2. The Labute approximate surface area is 108 Å². The number of nitrogens with two attached hydrogens (primary N) is 1. The summed E-state index contributed by atoms with van der Waals surface area (Å²) >= 11 is 0. The van der Waals surface area contributed by atoms with E-state index in [0.29, 0.717) is 5.82 Å². The fraction of sp³-hybridized carbons (Fsp3) is 0.667. The summed E-state index contributed by atoms with van der Waals surface area (Å²) in [6.45, 7) is 8.67. The molecule has 0 saturated carbocycles. The van der Waals surface area contributed by atoms with Crippen molar-refractivity contribution >= 4 is 5.82 Å². The Bertz CT molecular complexity index is 401. The fourth-order valence-corrected chi connectivity index (χ4v) is 2.39. The zero-order valence-electron chi connectivity index (χ0n) is 11.2. The maximum Gasteiger partial charge on any atom is 0.145 e. The highest BCUT2D eigenvalue weighted by Crippen LogP contribution is 2.13. The van der Waals surface area contributed by atoms with Gasteiger partial charge in [0, 0.05) is 24.8 Å². The van der Waals surface area contributed by atoms with Gasteiger partial charge in [0.25, 0.3) is 0 Å². The van der Waals surface area contributed by atoms with Gasteiger partial charge in [-0.15, -0.1) is 0 Å². The molecule has 2 unspecified atom stereocenters. The number of aryl methyl sites for hydroxylation is 1. The molecule has 1 aromatic rings. The van der Waals surface area contributed by atoms with E-state index in [-0.39, 0.29) is 12.2 Å². The van der Waals surface area contributed by atoms with Crippen LogP contribution in [-0.2, 0) is 11.3 Å². The molecule has 2 heterocycles.